The molecule has 0 bridgehead atoms. The number of hydrogen-bond acceptors (Lipinski definition) is 3. The molecule has 2 N–H and O–H groups in total. The molecule has 3 rings (SSSR count). The van der Waals surface area contributed by atoms with Crippen molar-refractivity contribution in [1.29, 1.82) is 0 Å². The summed E-state index contributed by atoms with van der Waals surface area (Å²) in [4.78, 5) is 4.14. The Balaban J connectivity index is 1.60. The maximum Gasteiger partial charge on any atom is 0.248 e. The molecule has 0 saturated heterocycles. The number of hydrogen-bond donors (Lipinski definition) is 2. The van der Waals surface area contributed by atoms with Crippen LogP contribution < -0.4 is 10.6 Å². The van der Waals surface area contributed by atoms with E-state index in [2.05, 4.69) is 20.7 Å². The highest BCUT2D eigenvalue weighted by atomic mass is 32.1. The van der Waals surface area contributed by atoms with E-state index >= 15 is 0 Å². The zero-order valence-electron chi connectivity index (χ0n) is 12.1. The van der Waals surface area contributed by atoms with Crippen molar-refractivity contribution < 1.29 is 4.39 Å². The minimum Gasteiger partial charge on any atom is -0.332 e. The maximum absolute atomic E-state index is 13.2. The van der Waals surface area contributed by atoms with E-state index in [0.717, 1.165) is 11.3 Å². The first kappa shape index (κ1) is 15.1. The van der Waals surface area contributed by atoms with E-state index in [1.54, 1.807) is 17.1 Å². The highest BCUT2D eigenvalue weighted by molar-refractivity contribution is 7.80. The van der Waals surface area contributed by atoms with Gasteiger partial charge in [0.1, 0.15) is 12.1 Å². The Morgan fingerprint density at radius 2 is 1.91 bits per heavy atom. The molecular formula is C16H14FN5S. The van der Waals surface area contributed by atoms with Gasteiger partial charge < -0.3 is 5.32 Å². The van der Waals surface area contributed by atoms with Gasteiger partial charge in [0, 0.05) is 5.69 Å². The lowest BCUT2D eigenvalue weighted by atomic mass is 10.2. The van der Waals surface area contributed by atoms with E-state index in [4.69, 9.17) is 12.2 Å². The average molecular weight is 327 g/mol. The van der Waals surface area contributed by atoms with Gasteiger partial charge in [-0.25, -0.2) is 14.1 Å². The molecule has 0 aliphatic carbocycles. The van der Waals surface area contributed by atoms with Gasteiger partial charge in [-0.05, 0) is 42.0 Å². The first-order valence-electron chi connectivity index (χ1n) is 6.96. The summed E-state index contributed by atoms with van der Waals surface area (Å²) < 4.78 is 14.8. The predicted octanol–water partition coefficient (Wildman–Crippen LogP) is 3.27. The van der Waals surface area contributed by atoms with E-state index in [9.17, 15) is 4.39 Å². The van der Waals surface area contributed by atoms with Crippen molar-refractivity contribution >= 4 is 29.0 Å². The third-order valence-corrected chi connectivity index (χ3v) is 3.23. The fraction of sp³-hybridized carbons (Fsp3) is 0.0625. The topological polar surface area (TPSA) is 54.8 Å². The minimum absolute atomic E-state index is 0.269. The van der Waals surface area contributed by atoms with Crippen molar-refractivity contribution in [1.82, 2.24) is 14.8 Å². The minimum atomic E-state index is -0.269. The van der Waals surface area contributed by atoms with Crippen LogP contribution in [0.5, 0.6) is 0 Å². The molecule has 0 saturated carbocycles. The first-order chi connectivity index (χ1) is 11.2. The van der Waals surface area contributed by atoms with E-state index < -0.39 is 0 Å². The lowest BCUT2D eigenvalue weighted by Gasteiger charge is -2.07. The molecule has 0 unspecified atom stereocenters. The van der Waals surface area contributed by atoms with Crippen LogP contribution in [0.1, 0.15) is 5.56 Å². The number of nitrogens with zero attached hydrogens (tertiary/aromatic N) is 3. The maximum atomic E-state index is 13.2. The van der Waals surface area contributed by atoms with Crippen molar-refractivity contribution in [3.63, 3.8) is 0 Å². The summed E-state index contributed by atoms with van der Waals surface area (Å²) in [5, 5.41) is 10.6. The number of nitrogens with one attached hydrogen (secondary N) is 2. The lowest BCUT2D eigenvalue weighted by molar-refractivity contribution is 0.619. The SMILES string of the molecule is Fc1cccc(Cn2cnc(NC(=S)Nc3ccccc3)n2)c1. The highest BCUT2D eigenvalue weighted by Gasteiger charge is 2.05. The summed E-state index contributed by atoms with van der Waals surface area (Å²) in [5.41, 5.74) is 1.69. The Kier molecular flexibility index (Phi) is 4.58. The Labute approximate surface area is 138 Å². The summed E-state index contributed by atoms with van der Waals surface area (Å²) in [6.45, 7) is 0.436. The van der Waals surface area contributed by atoms with Crippen LogP contribution >= 0.6 is 12.2 Å². The van der Waals surface area contributed by atoms with Crippen molar-refractivity contribution in [2.75, 3.05) is 10.6 Å². The Morgan fingerprint density at radius 1 is 1.09 bits per heavy atom. The van der Waals surface area contributed by atoms with Crippen LogP contribution in [0.2, 0.25) is 0 Å². The van der Waals surface area contributed by atoms with Crippen molar-refractivity contribution in [2.45, 2.75) is 6.54 Å². The van der Waals surface area contributed by atoms with Crippen molar-refractivity contribution in [3.05, 3.63) is 72.3 Å². The van der Waals surface area contributed by atoms with Gasteiger partial charge in [-0.15, -0.1) is 5.10 Å². The number of para-hydroxylation sites is 1. The summed E-state index contributed by atoms with van der Waals surface area (Å²) in [5.74, 6) is 0.115. The molecule has 116 valence electrons. The standard InChI is InChI=1S/C16H14FN5S/c17-13-6-4-5-12(9-13)10-22-11-18-15(21-22)20-16(23)19-14-7-2-1-3-8-14/h1-9,11H,10H2,(H2,19,20,21,23). The van der Waals surface area contributed by atoms with Crippen LogP contribution in [-0.2, 0) is 6.54 Å². The van der Waals surface area contributed by atoms with Gasteiger partial charge in [0.2, 0.25) is 5.95 Å². The van der Waals surface area contributed by atoms with Gasteiger partial charge in [-0.1, -0.05) is 30.3 Å². The van der Waals surface area contributed by atoms with Gasteiger partial charge in [-0.3, -0.25) is 5.32 Å². The van der Waals surface area contributed by atoms with Gasteiger partial charge >= 0.3 is 0 Å². The number of benzene rings is 2. The second-order valence-corrected chi connectivity index (χ2v) is 5.25. The van der Waals surface area contributed by atoms with Crippen LogP contribution in [0, 0.1) is 5.82 Å². The van der Waals surface area contributed by atoms with E-state index in [1.165, 1.54) is 12.1 Å². The van der Waals surface area contributed by atoms with E-state index in [1.807, 2.05) is 36.4 Å². The zero-order chi connectivity index (χ0) is 16.1. The number of aromatic nitrogens is 3. The average Bonchev–Trinajstić information content (AvgIpc) is 2.95. The Hall–Kier alpha value is -2.80. The second-order valence-electron chi connectivity index (χ2n) is 4.84. The predicted molar refractivity (Wildman–Crippen MR) is 91.8 cm³/mol. The molecular weight excluding hydrogens is 313 g/mol. The van der Waals surface area contributed by atoms with Crippen LogP contribution in [0.3, 0.4) is 0 Å². The van der Waals surface area contributed by atoms with E-state index in [0.29, 0.717) is 17.6 Å². The fourth-order valence-electron chi connectivity index (χ4n) is 2.04. The number of thiocarbonyl (C=S) groups is 1. The van der Waals surface area contributed by atoms with Crippen LogP contribution in [-0.4, -0.2) is 19.9 Å². The van der Waals surface area contributed by atoms with Gasteiger partial charge in [0.25, 0.3) is 0 Å². The van der Waals surface area contributed by atoms with Crippen LogP contribution in [0.25, 0.3) is 0 Å². The third kappa shape index (κ3) is 4.33. The molecule has 1 aromatic heterocycles. The molecule has 23 heavy (non-hydrogen) atoms. The molecule has 0 aliphatic rings. The summed E-state index contributed by atoms with van der Waals surface area (Å²) in [6.07, 6.45) is 1.57. The number of anilines is 2. The molecule has 5 nitrogen and oxygen atoms in total. The van der Waals surface area contributed by atoms with Crippen LogP contribution in [0.15, 0.2) is 60.9 Å². The van der Waals surface area contributed by atoms with Crippen molar-refractivity contribution in [2.24, 2.45) is 0 Å². The van der Waals surface area contributed by atoms with Gasteiger partial charge in [0.05, 0.1) is 6.54 Å². The highest BCUT2D eigenvalue weighted by Crippen LogP contribution is 2.08. The number of rotatable bonds is 4. The molecule has 0 atom stereocenters. The molecule has 0 spiro atoms. The molecule has 3 aromatic rings. The lowest BCUT2D eigenvalue weighted by Crippen LogP contribution is -2.20. The second kappa shape index (κ2) is 6.97. The van der Waals surface area contributed by atoms with Crippen molar-refractivity contribution in [3.8, 4) is 0 Å². The largest absolute Gasteiger partial charge is 0.332 e. The Morgan fingerprint density at radius 3 is 2.70 bits per heavy atom. The summed E-state index contributed by atoms with van der Waals surface area (Å²) >= 11 is 5.21. The van der Waals surface area contributed by atoms with E-state index in [-0.39, 0.29) is 5.82 Å². The molecule has 0 radical (unpaired) electrons. The van der Waals surface area contributed by atoms with Gasteiger partial charge in [-0.2, -0.15) is 0 Å². The Bertz CT molecular complexity index is 803. The molecule has 2 aromatic carbocycles. The fourth-order valence-corrected chi connectivity index (χ4v) is 2.24. The quantitative estimate of drug-likeness (QED) is 0.720. The third-order valence-electron chi connectivity index (χ3n) is 3.03. The normalized spacial score (nSPS) is 10.3. The molecule has 0 aliphatic heterocycles. The zero-order valence-corrected chi connectivity index (χ0v) is 12.9. The summed E-state index contributed by atoms with van der Waals surface area (Å²) in [7, 11) is 0. The van der Waals surface area contributed by atoms with Gasteiger partial charge in [0.15, 0.2) is 5.11 Å². The van der Waals surface area contributed by atoms with Crippen LogP contribution in [0.4, 0.5) is 16.0 Å². The molecule has 7 heteroatoms. The smallest absolute Gasteiger partial charge is 0.248 e. The summed E-state index contributed by atoms with van der Waals surface area (Å²) in [6, 6.07) is 15.9. The molecule has 0 amide bonds. The molecule has 0 fully saturated rings. The first-order valence-corrected chi connectivity index (χ1v) is 7.37. The number of halogens is 1. The molecule has 1 heterocycles. The monoisotopic (exact) mass is 327 g/mol.